The van der Waals surface area contributed by atoms with Crippen LogP contribution in [0, 0.1) is 0 Å². The van der Waals surface area contributed by atoms with Gasteiger partial charge in [0.1, 0.15) is 10.3 Å². The zero-order valence-corrected chi connectivity index (χ0v) is 20.8. The number of benzene rings is 1. The van der Waals surface area contributed by atoms with Gasteiger partial charge in [0.15, 0.2) is 15.0 Å². The maximum Gasteiger partial charge on any atom is 0.410 e. The van der Waals surface area contributed by atoms with E-state index in [1.54, 1.807) is 29.2 Å². The number of hydrogen-bond donors (Lipinski definition) is 0. The highest BCUT2D eigenvalue weighted by molar-refractivity contribution is 7.90. The normalized spacial score (nSPS) is 15.2. The number of likely N-dealkylation sites (tertiary alicyclic amines) is 1. The molecule has 0 bridgehead atoms. The molecule has 1 saturated heterocycles. The van der Waals surface area contributed by atoms with E-state index in [4.69, 9.17) is 14.7 Å². The maximum absolute atomic E-state index is 12.1. The summed E-state index contributed by atoms with van der Waals surface area (Å²) in [6, 6.07) is 10.9. The van der Waals surface area contributed by atoms with Gasteiger partial charge in [0.25, 0.3) is 0 Å². The van der Waals surface area contributed by atoms with Gasteiger partial charge in [-0.2, -0.15) is 0 Å². The fourth-order valence-electron chi connectivity index (χ4n) is 3.86. The van der Waals surface area contributed by atoms with Crippen LogP contribution < -0.4 is 4.90 Å². The summed E-state index contributed by atoms with van der Waals surface area (Å²) in [6.45, 7) is 5.04. The van der Waals surface area contributed by atoms with E-state index in [0.717, 1.165) is 39.6 Å². The lowest BCUT2D eigenvalue weighted by atomic mass is 10.0. The number of ether oxygens (including phenoxy) is 1. The van der Waals surface area contributed by atoms with Crippen LogP contribution in [-0.2, 0) is 14.6 Å². The predicted molar refractivity (Wildman–Crippen MR) is 131 cm³/mol. The van der Waals surface area contributed by atoms with E-state index in [9.17, 15) is 13.2 Å². The minimum Gasteiger partial charge on any atom is -0.447 e. The number of piperidine rings is 1. The molecule has 1 fully saturated rings. The first-order valence-electron chi connectivity index (χ1n) is 10.9. The van der Waals surface area contributed by atoms with Gasteiger partial charge in [-0.25, -0.2) is 23.2 Å². The molecular weight excluding hydrogens is 460 g/mol. The molecule has 0 spiro atoms. The van der Waals surface area contributed by atoms with E-state index >= 15 is 0 Å². The summed E-state index contributed by atoms with van der Waals surface area (Å²) in [5.41, 5.74) is 2.46. The topological polar surface area (TPSA) is 92.7 Å². The van der Waals surface area contributed by atoms with Crippen LogP contribution in [0.5, 0.6) is 0 Å². The number of pyridine rings is 1. The lowest BCUT2D eigenvalue weighted by molar-refractivity contribution is 0.0692. The van der Waals surface area contributed by atoms with Crippen molar-refractivity contribution < 1.29 is 17.9 Å². The average Bonchev–Trinajstić information content (AvgIpc) is 3.21. The second-order valence-electron chi connectivity index (χ2n) is 8.58. The highest BCUT2D eigenvalue weighted by Crippen LogP contribution is 2.32. The minimum absolute atomic E-state index is 0.115. The monoisotopic (exact) mass is 488 g/mol. The van der Waals surface area contributed by atoms with Crippen molar-refractivity contribution >= 4 is 42.7 Å². The number of anilines is 1. The van der Waals surface area contributed by atoms with E-state index in [2.05, 4.69) is 4.90 Å². The fourth-order valence-corrected chi connectivity index (χ4v) is 5.46. The minimum atomic E-state index is -3.23. The quantitative estimate of drug-likeness (QED) is 0.531. The van der Waals surface area contributed by atoms with E-state index in [1.165, 1.54) is 17.6 Å². The standard InChI is InChI=1S/C23H28N4O4S2/c1-15(2)31-23(28)27-13-11-17(12-14-27)26(3)22-25-20-10-9-19(24-21(20)32-22)16-5-7-18(8-6-16)33(4,29)30/h5-10,15,17H,11-14H2,1-4H3. The van der Waals surface area contributed by atoms with Crippen LogP contribution in [0.3, 0.4) is 0 Å². The molecule has 1 aromatic carbocycles. The molecule has 0 atom stereocenters. The summed E-state index contributed by atoms with van der Waals surface area (Å²) in [5.74, 6) is 0. The first-order chi connectivity index (χ1) is 15.6. The van der Waals surface area contributed by atoms with Crippen molar-refractivity contribution in [3.63, 3.8) is 0 Å². The molecule has 0 saturated carbocycles. The van der Waals surface area contributed by atoms with Crippen LogP contribution in [0.2, 0.25) is 0 Å². The Kier molecular flexibility index (Phi) is 6.58. The highest BCUT2D eigenvalue weighted by atomic mass is 32.2. The molecule has 3 aromatic rings. The largest absolute Gasteiger partial charge is 0.447 e. The van der Waals surface area contributed by atoms with E-state index in [-0.39, 0.29) is 23.1 Å². The molecule has 33 heavy (non-hydrogen) atoms. The molecule has 1 aliphatic heterocycles. The third-order valence-corrected chi connectivity index (χ3v) is 7.92. The predicted octanol–water partition coefficient (Wildman–Crippen LogP) is 4.21. The van der Waals surface area contributed by atoms with Crippen molar-refractivity contribution in [1.82, 2.24) is 14.9 Å². The van der Waals surface area contributed by atoms with Crippen molar-refractivity contribution in [2.75, 3.05) is 31.3 Å². The molecule has 2 aromatic heterocycles. The average molecular weight is 489 g/mol. The Labute approximate surface area is 198 Å². The zero-order chi connectivity index (χ0) is 23.8. The van der Waals surface area contributed by atoms with Gasteiger partial charge in [-0.3, -0.25) is 0 Å². The van der Waals surface area contributed by atoms with E-state index in [0.29, 0.717) is 13.1 Å². The van der Waals surface area contributed by atoms with Crippen LogP contribution in [0.15, 0.2) is 41.3 Å². The number of carbonyl (C=O) groups is 1. The molecule has 0 unspecified atom stereocenters. The van der Waals surface area contributed by atoms with Crippen molar-refractivity contribution in [2.45, 2.75) is 43.7 Å². The van der Waals surface area contributed by atoms with Crippen molar-refractivity contribution in [1.29, 1.82) is 0 Å². The third kappa shape index (κ3) is 5.27. The number of amides is 1. The van der Waals surface area contributed by atoms with Gasteiger partial charge in [0, 0.05) is 38.0 Å². The number of fused-ring (bicyclic) bond motifs is 1. The summed E-state index contributed by atoms with van der Waals surface area (Å²) in [6.07, 6.45) is 2.54. The first kappa shape index (κ1) is 23.4. The van der Waals surface area contributed by atoms with Crippen LogP contribution >= 0.6 is 11.3 Å². The fraction of sp³-hybridized carbons (Fsp3) is 0.435. The van der Waals surface area contributed by atoms with Crippen LogP contribution in [-0.4, -0.2) is 67.9 Å². The Morgan fingerprint density at radius 2 is 1.79 bits per heavy atom. The lowest BCUT2D eigenvalue weighted by Gasteiger charge is -2.36. The van der Waals surface area contributed by atoms with Crippen molar-refractivity contribution in [3.05, 3.63) is 36.4 Å². The number of carbonyl (C=O) groups excluding carboxylic acids is 1. The van der Waals surface area contributed by atoms with Gasteiger partial charge in [-0.15, -0.1) is 0 Å². The molecule has 10 heteroatoms. The van der Waals surface area contributed by atoms with Gasteiger partial charge in [-0.1, -0.05) is 23.5 Å². The van der Waals surface area contributed by atoms with Crippen LogP contribution in [0.4, 0.5) is 9.93 Å². The molecule has 0 N–H and O–H groups in total. The van der Waals surface area contributed by atoms with Gasteiger partial charge >= 0.3 is 6.09 Å². The van der Waals surface area contributed by atoms with Gasteiger partial charge in [-0.05, 0) is 51.0 Å². The molecule has 8 nitrogen and oxygen atoms in total. The summed E-state index contributed by atoms with van der Waals surface area (Å²) in [4.78, 5) is 26.7. The van der Waals surface area contributed by atoms with Gasteiger partial charge in [0.2, 0.25) is 0 Å². The van der Waals surface area contributed by atoms with E-state index < -0.39 is 9.84 Å². The third-order valence-electron chi connectivity index (χ3n) is 5.73. The Balaban J connectivity index is 1.47. The van der Waals surface area contributed by atoms with Crippen LogP contribution in [0.1, 0.15) is 26.7 Å². The molecule has 176 valence electrons. The van der Waals surface area contributed by atoms with Crippen molar-refractivity contribution in [3.8, 4) is 11.3 Å². The maximum atomic E-state index is 12.1. The highest BCUT2D eigenvalue weighted by Gasteiger charge is 2.28. The second kappa shape index (κ2) is 9.26. The SMILES string of the molecule is CC(C)OC(=O)N1CCC(N(C)c2nc3ccc(-c4ccc(S(C)(=O)=O)cc4)nc3s2)CC1. The number of sulfone groups is 1. The Morgan fingerprint density at radius 1 is 1.12 bits per heavy atom. The smallest absolute Gasteiger partial charge is 0.410 e. The number of hydrogen-bond acceptors (Lipinski definition) is 8. The van der Waals surface area contributed by atoms with Crippen LogP contribution in [0.25, 0.3) is 21.6 Å². The van der Waals surface area contributed by atoms with Gasteiger partial charge in [0.05, 0.1) is 16.7 Å². The lowest BCUT2D eigenvalue weighted by Crippen LogP contribution is -2.46. The first-order valence-corrected chi connectivity index (χ1v) is 13.6. The number of nitrogens with zero attached hydrogens (tertiary/aromatic N) is 4. The molecule has 1 amide bonds. The summed E-state index contributed by atoms with van der Waals surface area (Å²) >= 11 is 1.53. The number of thiazole rings is 1. The molecule has 0 aliphatic carbocycles. The second-order valence-corrected chi connectivity index (χ2v) is 11.5. The molecule has 0 radical (unpaired) electrons. The van der Waals surface area contributed by atoms with E-state index in [1.807, 2.05) is 33.0 Å². The summed E-state index contributed by atoms with van der Waals surface area (Å²) in [5, 5.41) is 0.894. The Morgan fingerprint density at radius 3 is 2.39 bits per heavy atom. The van der Waals surface area contributed by atoms with Crippen molar-refractivity contribution in [2.24, 2.45) is 0 Å². The molecular formula is C23H28N4O4S2. The Hall–Kier alpha value is -2.72. The summed E-state index contributed by atoms with van der Waals surface area (Å²) in [7, 11) is -1.19. The number of aromatic nitrogens is 2. The number of rotatable bonds is 5. The molecule has 4 rings (SSSR count). The van der Waals surface area contributed by atoms with Gasteiger partial charge < -0.3 is 14.5 Å². The Bertz CT molecular complexity index is 1250. The zero-order valence-electron chi connectivity index (χ0n) is 19.2. The molecule has 3 heterocycles. The molecule has 1 aliphatic rings. The summed E-state index contributed by atoms with van der Waals surface area (Å²) < 4.78 is 28.7.